The normalized spacial score (nSPS) is 8.80. The summed E-state index contributed by atoms with van der Waals surface area (Å²) in [7, 11) is 0. The van der Waals surface area contributed by atoms with Crippen LogP contribution in [0.1, 0.15) is 65.2 Å². The Balaban J connectivity index is -0.000000180. The minimum Gasteiger partial charge on any atom is -0.854 e. The molecule has 0 bridgehead atoms. The van der Waals surface area contributed by atoms with E-state index in [-0.39, 0.29) is 62.1 Å². The summed E-state index contributed by atoms with van der Waals surface area (Å²) in [6.07, 6.45) is 8.88. The molecule has 0 radical (unpaired) electrons. The number of rotatable bonds is 8. The van der Waals surface area contributed by atoms with Crippen LogP contribution >= 0.6 is 0 Å². The molecule has 15 heavy (non-hydrogen) atoms. The fourth-order valence-electron chi connectivity index (χ4n) is 1.06. The van der Waals surface area contributed by atoms with Crippen molar-refractivity contribution < 1.29 is 10.2 Å². The van der Waals surface area contributed by atoms with E-state index in [1.807, 2.05) is 0 Å². The van der Waals surface area contributed by atoms with Gasteiger partial charge in [-0.05, 0) is 0 Å². The fourth-order valence-corrected chi connectivity index (χ4v) is 1.06. The van der Waals surface area contributed by atoms with Gasteiger partial charge in [0.05, 0.1) is 0 Å². The van der Waals surface area contributed by atoms with Crippen molar-refractivity contribution in [1.82, 2.24) is 0 Å². The van der Waals surface area contributed by atoms with Gasteiger partial charge in [0.15, 0.2) is 0 Å². The van der Waals surface area contributed by atoms with Gasteiger partial charge in [0.1, 0.15) is 0 Å². The third-order valence-electron chi connectivity index (χ3n) is 2.00. The van der Waals surface area contributed by atoms with Gasteiger partial charge in [-0.1, -0.05) is 65.2 Å². The van der Waals surface area contributed by atoms with E-state index in [0.29, 0.717) is 0 Å². The minimum atomic E-state index is 0. The Morgan fingerprint density at radius 1 is 0.600 bits per heavy atom. The SMILES string of the molecule is CCCCCC[O-].CCCCCC[O-].[Ba+2]. The topological polar surface area (TPSA) is 46.1 Å². The molecule has 0 unspecified atom stereocenters. The summed E-state index contributed by atoms with van der Waals surface area (Å²) in [5.74, 6) is 0. The molecular weight excluding hydrogens is 313 g/mol. The number of hydrogen-bond acceptors (Lipinski definition) is 2. The third-order valence-corrected chi connectivity index (χ3v) is 2.00. The predicted molar refractivity (Wildman–Crippen MR) is 63.8 cm³/mol. The van der Waals surface area contributed by atoms with Gasteiger partial charge in [0, 0.05) is 0 Å². The summed E-state index contributed by atoms with van der Waals surface area (Å²) >= 11 is 0. The van der Waals surface area contributed by atoms with E-state index in [1.165, 1.54) is 25.7 Å². The van der Waals surface area contributed by atoms with Crippen molar-refractivity contribution in [2.75, 3.05) is 13.2 Å². The van der Waals surface area contributed by atoms with Crippen molar-refractivity contribution in [2.45, 2.75) is 65.2 Å². The van der Waals surface area contributed by atoms with Crippen molar-refractivity contribution in [1.29, 1.82) is 0 Å². The van der Waals surface area contributed by atoms with E-state index < -0.39 is 0 Å². The molecule has 2 nitrogen and oxygen atoms in total. The maximum absolute atomic E-state index is 9.80. The molecule has 0 saturated heterocycles. The first-order valence-corrected chi connectivity index (χ1v) is 5.99. The largest absolute Gasteiger partial charge is 2.00 e. The molecule has 0 atom stereocenters. The molecule has 0 fully saturated rings. The first-order valence-electron chi connectivity index (χ1n) is 5.99. The van der Waals surface area contributed by atoms with Crippen LogP contribution in [0.3, 0.4) is 0 Å². The maximum atomic E-state index is 9.80. The Labute approximate surface area is 136 Å². The van der Waals surface area contributed by atoms with Crippen LogP contribution in [0.2, 0.25) is 0 Å². The van der Waals surface area contributed by atoms with E-state index in [0.717, 1.165) is 25.7 Å². The third kappa shape index (κ3) is 31.3. The molecular formula is C12H26BaO2. The van der Waals surface area contributed by atoms with Crippen LogP contribution in [0.15, 0.2) is 0 Å². The first-order chi connectivity index (χ1) is 6.83. The van der Waals surface area contributed by atoms with E-state index >= 15 is 0 Å². The van der Waals surface area contributed by atoms with Gasteiger partial charge in [-0.2, -0.15) is 0 Å². The molecule has 0 aliphatic rings. The average Bonchev–Trinajstić information content (AvgIpc) is 2.21. The zero-order chi connectivity index (χ0) is 11.1. The van der Waals surface area contributed by atoms with Crippen LogP contribution in [0, 0.1) is 0 Å². The molecule has 0 aromatic rings. The zero-order valence-corrected chi connectivity index (χ0v) is 15.0. The average molecular weight is 340 g/mol. The second-order valence-corrected chi connectivity index (χ2v) is 3.53. The predicted octanol–water partition coefficient (Wildman–Crippen LogP) is 1.47. The van der Waals surface area contributed by atoms with Crippen molar-refractivity contribution >= 4 is 48.9 Å². The number of unbranched alkanes of at least 4 members (excludes halogenated alkanes) is 6. The smallest absolute Gasteiger partial charge is 0.854 e. The molecule has 0 aromatic carbocycles. The summed E-state index contributed by atoms with van der Waals surface area (Å²) < 4.78 is 0. The summed E-state index contributed by atoms with van der Waals surface area (Å²) in [5, 5.41) is 19.6. The van der Waals surface area contributed by atoms with Gasteiger partial charge in [-0.25, -0.2) is 0 Å². The molecule has 0 rings (SSSR count). The van der Waals surface area contributed by atoms with Crippen LogP contribution < -0.4 is 10.2 Å². The van der Waals surface area contributed by atoms with Crippen LogP contribution in [0.4, 0.5) is 0 Å². The van der Waals surface area contributed by atoms with Crippen molar-refractivity contribution in [3.63, 3.8) is 0 Å². The second kappa shape index (κ2) is 24.6. The van der Waals surface area contributed by atoms with Gasteiger partial charge in [0.2, 0.25) is 0 Å². The molecule has 0 aliphatic carbocycles. The van der Waals surface area contributed by atoms with Crippen LogP contribution in [0.25, 0.3) is 0 Å². The quantitative estimate of drug-likeness (QED) is 0.497. The van der Waals surface area contributed by atoms with Gasteiger partial charge in [0.25, 0.3) is 0 Å². The van der Waals surface area contributed by atoms with E-state index in [4.69, 9.17) is 0 Å². The molecule has 0 saturated carbocycles. The van der Waals surface area contributed by atoms with Crippen LogP contribution in [-0.2, 0) is 0 Å². The van der Waals surface area contributed by atoms with Gasteiger partial charge >= 0.3 is 48.9 Å². The molecule has 0 spiro atoms. The Kier molecular flexibility index (Phi) is 35.7. The molecule has 0 heterocycles. The monoisotopic (exact) mass is 340 g/mol. The Bertz CT molecular complexity index is 62.0. The Morgan fingerprint density at radius 2 is 0.933 bits per heavy atom. The van der Waals surface area contributed by atoms with Crippen molar-refractivity contribution in [2.24, 2.45) is 0 Å². The fraction of sp³-hybridized carbons (Fsp3) is 1.00. The summed E-state index contributed by atoms with van der Waals surface area (Å²) in [6, 6.07) is 0. The van der Waals surface area contributed by atoms with E-state index in [2.05, 4.69) is 13.8 Å². The molecule has 88 valence electrons. The Hall–Kier alpha value is 1.49. The standard InChI is InChI=1S/2C6H13O.Ba/c2*1-2-3-4-5-6-7;/h2*2-6H2,1H3;/q2*-1;+2. The van der Waals surface area contributed by atoms with E-state index in [1.54, 1.807) is 0 Å². The molecule has 0 amide bonds. The second-order valence-electron chi connectivity index (χ2n) is 3.53. The summed E-state index contributed by atoms with van der Waals surface area (Å²) in [4.78, 5) is 0. The minimum absolute atomic E-state index is 0. The summed E-state index contributed by atoms with van der Waals surface area (Å²) in [6.45, 7) is 4.51. The molecule has 0 aromatic heterocycles. The molecule has 0 aliphatic heterocycles. The van der Waals surface area contributed by atoms with E-state index in [9.17, 15) is 10.2 Å². The van der Waals surface area contributed by atoms with Crippen LogP contribution in [0.5, 0.6) is 0 Å². The van der Waals surface area contributed by atoms with Crippen molar-refractivity contribution in [3.8, 4) is 0 Å². The van der Waals surface area contributed by atoms with Gasteiger partial charge < -0.3 is 10.2 Å². The maximum Gasteiger partial charge on any atom is 2.00 e. The van der Waals surface area contributed by atoms with Crippen molar-refractivity contribution in [3.05, 3.63) is 0 Å². The van der Waals surface area contributed by atoms with Gasteiger partial charge in [-0.15, -0.1) is 13.2 Å². The molecule has 0 N–H and O–H groups in total. The summed E-state index contributed by atoms with van der Waals surface area (Å²) in [5.41, 5.74) is 0. The first kappa shape index (κ1) is 21.7. The molecule has 3 heteroatoms. The van der Waals surface area contributed by atoms with Gasteiger partial charge in [-0.3, -0.25) is 0 Å². The Morgan fingerprint density at radius 3 is 1.13 bits per heavy atom. The number of hydrogen-bond donors (Lipinski definition) is 0. The van der Waals surface area contributed by atoms with Crippen LogP contribution in [-0.4, -0.2) is 62.1 Å². The zero-order valence-electron chi connectivity index (χ0n) is 10.6.